The van der Waals surface area contributed by atoms with E-state index in [4.69, 9.17) is 11.6 Å². The molecule has 1 aliphatic rings. The van der Waals surface area contributed by atoms with E-state index >= 15 is 0 Å². The number of carboxylic acids is 1. The van der Waals surface area contributed by atoms with Crippen LogP contribution in [-0.4, -0.2) is 39.5 Å². The van der Waals surface area contributed by atoms with Crippen molar-refractivity contribution in [1.82, 2.24) is 9.88 Å². The molecule has 1 aromatic rings. The number of carbonyl (C=O) groups is 2. The van der Waals surface area contributed by atoms with Gasteiger partial charge in [-0.2, -0.15) is 0 Å². The number of carbonyl (C=O) groups excluding carboxylic acids is 1. The second kappa shape index (κ2) is 6.10. The van der Waals surface area contributed by atoms with Crippen molar-refractivity contribution in [2.75, 3.05) is 6.54 Å². The average Bonchev–Trinajstić information content (AvgIpc) is 2.40. The molecule has 1 saturated heterocycles. The summed E-state index contributed by atoms with van der Waals surface area (Å²) in [5.74, 6) is -1.08. The first-order chi connectivity index (χ1) is 9.40. The van der Waals surface area contributed by atoms with Crippen molar-refractivity contribution in [2.24, 2.45) is 5.92 Å². The zero-order chi connectivity index (χ0) is 14.9. The van der Waals surface area contributed by atoms with Crippen molar-refractivity contribution < 1.29 is 14.7 Å². The van der Waals surface area contributed by atoms with E-state index in [2.05, 4.69) is 20.9 Å². The molecule has 1 amide bonds. The maximum absolute atomic E-state index is 12.5. The predicted octanol–water partition coefficient (Wildman–Crippen LogP) is 2.82. The molecule has 1 aliphatic heterocycles. The normalized spacial score (nSPS) is 22.6. The molecule has 2 rings (SSSR count). The molecule has 7 heteroatoms. The number of pyridine rings is 1. The largest absolute Gasteiger partial charge is 0.480 e. The molecular weight excluding hydrogens is 348 g/mol. The van der Waals surface area contributed by atoms with Crippen molar-refractivity contribution >= 4 is 39.4 Å². The summed E-state index contributed by atoms with van der Waals surface area (Å²) in [5, 5.41) is 9.38. The molecular formula is C13H14BrClN2O3. The smallest absolute Gasteiger partial charge is 0.326 e. The van der Waals surface area contributed by atoms with Crippen LogP contribution in [0.2, 0.25) is 5.15 Å². The third-order valence-corrected chi connectivity index (χ3v) is 4.18. The molecule has 0 spiro atoms. The maximum atomic E-state index is 12.5. The number of halogens is 2. The van der Waals surface area contributed by atoms with Crippen LogP contribution in [0.25, 0.3) is 0 Å². The Hall–Kier alpha value is -1.14. The maximum Gasteiger partial charge on any atom is 0.326 e. The number of carboxylic acid groups (broad SMARTS) is 1. The van der Waals surface area contributed by atoms with E-state index in [0.29, 0.717) is 17.4 Å². The van der Waals surface area contributed by atoms with Gasteiger partial charge in [-0.1, -0.05) is 18.5 Å². The Kier molecular flexibility index (Phi) is 4.65. The second-order valence-electron chi connectivity index (χ2n) is 4.97. The summed E-state index contributed by atoms with van der Waals surface area (Å²) in [6.07, 6.45) is 2.74. The molecule has 2 unspecified atom stereocenters. The Morgan fingerprint density at radius 1 is 1.55 bits per heavy atom. The standard InChI is InChI=1S/C13H14BrClN2O3/c1-7-2-3-17(10(4-7)13(19)20)12(18)9-5-8(14)6-16-11(9)15/h5-7,10H,2-4H2,1H3,(H,19,20). The lowest BCUT2D eigenvalue weighted by Crippen LogP contribution is -2.49. The van der Waals surface area contributed by atoms with Crippen LogP contribution >= 0.6 is 27.5 Å². The van der Waals surface area contributed by atoms with Crippen LogP contribution in [0.3, 0.4) is 0 Å². The van der Waals surface area contributed by atoms with Gasteiger partial charge in [-0.3, -0.25) is 4.79 Å². The Balaban J connectivity index is 2.31. The fourth-order valence-electron chi connectivity index (χ4n) is 2.35. The summed E-state index contributed by atoms with van der Waals surface area (Å²) in [6.45, 7) is 2.41. The lowest BCUT2D eigenvalue weighted by molar-refractivity contribution is -0.144. The molecule has 2 atom stereocenters. The van der Waals surface area contributed by atoms with Gasteiger partial charge in [0, 0.05) is 17.2 Å². The topological polar surface area (TPSA) is 70.5 Å². The molecule has 0 bridgehead atoms. The highest BCUT2D eigenvalue weighted by molar-refractivity contribution is 9.10. The van der Waals surface area contributed by atoms with E-state index < -0.39 is 12.0 Å². The van der Waals surface area contributed by atoms with Crippen molar-refractivity contribution in [1.29, 1.82) is 0 Å². The van der Waals surface area contributed by atoms with Gasteiger partial charge in [-0.05, 0) is 40.8 Å². The van der Waals surface area contributed by atoms with E-state index in [1.54, 1.807) is 6.07 Å². The van der Waals surface area contributed by atoms with Gasteiger partial charge in [-0.25, -0.2) is 9.78 Å². The fourth-order valence-corrected chi connectivity index (χ4v) is 2.86. The number of amides is 1. The number of piperidine rings is 1. The summed E-state index contributed by atoms with van der Waals surface area (Å²) < 4.78 is 0.627. The molecule has 108 valence electrons. The van der Waals surface area contributed by atoms with Crippen molar-refractivity contribution in [3.05, 3.63) is 27.5 Å². The molecule has 0 aliphatic carbocycles. The lowest BCUT2D eigenvalue weighted by atomic mass is 9.92. The number of aliphatic carboxylic acids is 1. The highest BCUT2D eigenvalue weighted by atomic mass is 79.9. The quantitative estimate of drug-likeness (QED) is 0.822. The van der Waals surface area contributed by atoms with Gasteiger partial charge < -0.3 is 10.0 Å². The molecule has 0 radical (unpaired) electrons. The summed E-state index contributed by atoms with van der Waals surface area (Å²) >= 11 is 9.17. The van der Waals surface area contributed by atoms with Gasteiger partial charge in [0.05, 0.1) is 5.56 Å². The van der Waals surface area contributed by atoms with E-state index in [0.717, 1.165) is 6.42 Å². The summed E-state index contributed by atoms with van der Waals surface area (Å²) in [5.41, 5.74) is 0.224. The Labute approximate surface area is 130 Å². The predicted molar refractivity (Wildman–Crippen MR) is 77.8 cm³/mol. The third kappa shape index (κ3) is 3.12. The van der Waals surface area contributed by atoms with Crippen LogP contribution in [0.15, 0.2) is 16.7 Å². The SMILES string of the molecule is CC1CCN(C(=O)c2cc(Br)cnc2Cl)C(C(=O)O)C1. The number of rotatable bonds is 2. The van der Waals surface area contributed by atoms with E-state index in [1.807, 2.05) is 6.92 Å². The summed E-state index contributed by atoms with van der Waals surface area (Å²) in [4.78, 5) is 29.1. The third-order valence-electron chi connectivity index (χ3n) is 3.45. The molecule has 1 aromatic heterocycles. The summed E-state index contributed by atoms with van der Waals surface area (Å²) in [7, 11) is 0. The first kappa shape index (κ1) is 15.3. The molecule has 0 saturated carbocycles. The van der Waals surface area contributed by atoms with Crippen LogP contribution in [0.4, 0.5) is 0 Å². The highest BCUT2D eigenvalue weighted by Crippen LogP contribution is 2.27. The van der Waals surface area contributed by atoms with Crippen LogP contribution in [0.1, 0.15) is 30.1 Å². The fraction of sp³-hybridized carbons (Fsp3) is 0.462. The average molecular weight is 362 g/mol. The number of nitrogens with zero attached hydrogens (tertiary/aromatic N) is 2. The van der Waals surface area contributed by atoms with Gasteiger partial charge in [0.1, 0.15) is 11.2 Å². The molecule has 1 N–H and O–H groups in total. The number of aromatic nitrogens is 1. The monoisotopic (exact) mass is 360 g/mol. The minimum atomic E-state index is -0.982. The Morgan fingerprint density at radius 3 is 2.90 bits per heavy atom. The molecule has 20 heavy (non-hydrogen) atoms. The van der Waals surface area contributed by atoms with Gasteiger partial charge in [-0.15, -0.1) is 0 Å². The molecule has 2 heterocycles. The van der Waals surface area contributed by atoms with Crippen LogP contribution in [0.5, 0.6) is 0 Å². The second-order valence-corrected chi connectivity index (χ2v) is 6.25. The highest BCUT2D eigenvalue weighted by Gasteiger charge is 2.35. The molecule has 0 aromatic carbocycles. The van der Waals surface area contributed by atoms with Crippen LogP contribution < -0.4 is 0 Å². The van der Waals surface area contributed by atoms with E-state index in [9.17, 15) is 14.7 Å². The number of hydrogen-bond acceptors (Lipinski definition) is 3. The summed E-state index contributed by atoms with van der Waals surface area (Å²) in [6, 6.07) is 0.760. The van der Waals surface area contributed by atoms with E-state index in [-0.39, 0.29) is 22.5 Å². The van der Waals surface area contributed by atoms with Crippen molar-refractivity contribution in [3.63, 3.8) is 0 Å². The van der Waals surface area contributed by atoms with Crippen molar-refractivity contribution in [3.8, 4) is 0 Å². The zero-order valence-electron chi connectivity index (χ0n) is 10.8. The van der Waals surface area contributed by atoms with Crippen LogP contribution in [0, 0.1) is 5.92 Å². The Bertz CT molecular complexity index is 552. The van der Waals surface area contributed by atoms with Gasteiger partial charge >= 0.3 is 5.97 Å². The minimum Gasteiger partial charge on any atom is -0.480 e. The van der Waals surface area contributed by atoms with Gasteiger partial charge in [0.15, 0.2) is 0 Å². The van der Waals surface area contributed by atoms with Crippen LogP contribution in [-0.2, 0) is 4.79 Å². The number of hydrogen-bond donors (Lipinski definition) is 1. The van der Waals surface area contributed by atoms with Crippen molar-refractivity contribution in [2.45, 2.75) is 25.8 Å². The van der Waals surface area contributed by atoms with Gasteiger partial charge in [0.25, 0.3) is 5.91 Å². The lowest BCUT2D eigenvalue weighted by Gasteiger charge is -2.36. The number of likely N-dealkylation sites (tertiary alicyclic amines) is 1. The molecule has 1 fully saturated rings. The van der Waals surface area contributed by atoms with E-state index in [1.165, 1.54) is 11.1 Å². The minimum absolute atomic E-state index is 0.0842. The zero-order valence-corrected chi connectivity index (χ0v) is 13.2. The first-order valence-corrected chi connectivity index (χ1v) is 7.42. The Morgan fingerprint density at radius 2 is 2.25 bits per heavy atom. The first-order valence-electron chi connectivity index (χ1n) is 6.25. The van der Waals surface area contributed by atoms with Gasteiger partial charge in [0.2, 0.25) is 0 Å². The molecule has 5 nitrogen and oxygen atoms in total.